The highest BCUT2D eigenvalue weighted by atomic mass is 19.1. The Morgan fingerprint density at radius 1 is 1.22 bits per heavy atom. The lowest BCUT2D eigenvalue weighted by Crippen LogP contribution is -2.51. The summed E-state index contributed by atoms with van der Waals surface area (Å²) in [4.78, 5) is 2.23. The number of nitriles is 3. The van der Waals surface area contributed by atoms with E-state index >= 15 is 0 Å². The molecule has 0 saturated carbocycles. The quantitative estimate of drug-likeness (QED) is 0.831. The van der Waals surface area contributed by atoms with Crippen molar-refractivity contribution in [3.8, 4) is 18.2 Å². The Hall–Kier alpha value is -3.14. The molecule has 5 nitrogen and oxygen atoms in total. The topological polar surface area (TPSA) is 101 Å². The van der Waals surface area contributed by atoms with Gasteiger partial charge in [0.25, 0.3) is 0 Å². The van der Waals surface area contributed by atoms with Gasteiger partial charge in [-0.2, -0.15) is 15.8 Å². The van der Waals surface area contributed by atoms with Crippen LogP contribution in [0.1, 0.15) is 24.3 Å². The number of rotatable bonds is 1. The van der Waals surface area contributed by atoms with E-state index in [1.807, 2.05) is 13.1 Å². The van der Waals surface area contributed by atoms with Crippen LogP contribution in [0.15, 0.2) is 47.2 Å². The monoisotopic (exact) mass is 359 g/mol. The molecule has 1 aromatic carbocycles. The van der Waals surface area contributed by atoms with Gasteiger partial charge in [0.05, 0.1) is 23.4 Å². The fourth-order valence-electron chi connectivity index (χ4n) is 5.16. The van der Waals surface area contributed by atoms with Crippen LogP contribution in [0.4, 0.5) is 4.39 Å². The van der Waals surface area contributed by atoms with E-state index in [1.165, 1.54) is 12.1 Å². The van der Waals surface area contributed by atoms with E-state index in [0.717, 1.165) is 18.4 Å². The van der Waals surface area contributed by atoms with Gasteiger partial charge in [-0.25, -0.2) is 4.39 Å². The number of hydrogen-bond acceptors (Lipinski definition) is 5. The number of halogens is 1. The van der Waals surface area contributed by atoms with Gasteiger partial charge in [-0.1, -0.05) is 18.2 Å². The van der Waals surface area contributed by atoms with E-state index in [4.69, 9.17) is 5.73 Å². The maximum absolute atomic E-state index is 14.0. The molecule has 27 heavy (non-hydrogen) atoms. The number of benzene rings is 1. The van der Waals surface area contributed by atoms with Crippen LogP contribution >= 0.6 is 0 Å². The van der Waals surface area contributed by atoms with Crippen molar-refractivity contribution in [3.05, 3.63) is 58.6 Å². The number of nitrogens with two attached hydrogens (primary N) is 1. The number of likely N-dealkylation sites (N-methyl/N-ethyl adjacent to an activating group) is 1. The lowest BCUT2D eigenvalue weighted by molar-refractivity contribution is 0.160. The normalized spacial score (nSPS) is 31.3. The Kier molecular flexibility index (Phi) is 3.81. The summed E-state index contributed by atoms with van der Waals surface area (Å²) >= 11 is 0. The first-order valence-corrected chi connectivity index (χ1v) is 8.90. The van der Waals surface area contributed by atoms with Crippen molar-refractivity contribution in [2.75, 3.05) is 7.05 Å². The smallest absolute Gasteiger partial charge is 0.191 e. The Labute approximate surface area is 157 Å². The van der Waals surface area contributed by atoms with Gasteiger partial charge in [-0.05, 0) is 43.2 Å². The van der Waals surface area contributed by atoms with Crippen molar-refractivity contribution >= 4 is 0 Å². The highest BCUT2D eigenvalue weighted by molar-refractivity contribution is 5.60. The standard InChI is InChI=1S/C21H18FN5/c1-27-14-5-6-17(27)18-15(8-14)16(9-23)20(26)21(10-24,11-25)19(18)12-3-2-4-13(22)7-12/h2-4,7-8,14,17-19H,5-6,26H2,1H3/t14-,17-,18+,19+/m1/s1. The minimum absolute atomic E-state index is 0.0179. The van der Waals surface area contributed by atoms with Crippen molar-refractivity contribution in [3.63, 3.8) is 0 Å². The second kappa shape index (κ2) is 5.95. The van der Waals surface area contributed by atoms with Crippen LogP contribution in [0, 0.1) is 51.1 Å². The molecule has 1 saturated heterocycles. The Morgan fingerprint density at radius 2 is 1.96 bits per heavy atom. The molecule has 6 heteroatoms. The molecular weight excluding hydrogens is 341 g/mol. The molecule has 4 atom stereocenters. The van der Waals surface area contributed by atoms with E-state index in [-0.39, 0.29) is 29.3 Å². The summed E-state index contributed by atoms with van der Waals surface area (Å²) in [6.45, 7) is 0. The van der Waals surface area contributed by atoms with Crippen molar-refractivity contribution in [1.82, 2.24) is 4.90 Å². The van der Waals surface area contributed by atoms with Crippen molar-refractivity contribution in [1.29, 1.82) is 15.8 Å². The second-order valence-electron chi connectivity index (χ2n) is 7.49. The predicted octanol–water partition coefficient (Wildman–Crippen LogP) is 2.71. The molecule has 2 N–H and O–H groups in total. The van der Waals surface area contributed by atoms with Gasteiger partial charge in [0.2, 0.25) is 0 Å². The van der Waals surface area contributed by atoms with Gasteiger partial charge >= 0.3 is 0 Å². The van der Waals surface area contributed by atoms with Gasteiger partial charge < -0.3 is 5.73 Å². The third-order valence-corrected chi connectivity index (χ3v) is 6.43. The summed E-state index contributed by atoms with van der Waals surface area (Å²) in [7, 11) is 2.02. The molecule has 0 radical (unpaired) electrons. The third-order valence-electron chi connectivity index (χ3n) is 6.43. The van der Waals surface area contributed by atoms with Gasteiger partial charge in [-0.3, -0.25) is 4.90 Å². The van der Waals surface area contributed by atoms with Gasteiger partial charge in [-0.15, -0.1) is 0 Å². The molecule has 3 aliphatic rings. The zero-order valence-electron chi connectivity index (χ0n) is 14.9. The van der Waals surface area contributed by atoms with Crippen LogP contribution in [0.25, 0.3) is 0 Å². The fourth-order valence-corrected chi connectivity index (χ4v) is 5.16. The first-order chi connectivity index (χ1) is 13.0. The Balaban J connectivity index is 2.06. The van der Waals surface area contributed by atoms with Crippen molar-refractivity contribution in [2.45, 2.75) is 30.8 Å². The van der Waals surface area contributed by atoms with Crippen LogP contribution in [-0.4, -0.2) is 24.0 Å². The van der Waals surface area contributed by atoms with Crippen LogP contribution in [0.2, 0.25) is 0 Å². The molecule has 1 aliphatic carbocycles. The predicted molar refractivity (Wildman–Crippen MR) is 95.8 cm³/mol. The maximum atomic E-state index is 14.0. The SMILES string of the molecule is CN1[C@@H]2CC[C@@H]1C=C1C(C#N)=C(N)C(C#N)(C#N)[C@@H](c3cccc(F)c3)[C@@H]12. The molecule has 0 spiro atoms. The highest BCUT2D eigenvalue weighted by Crippen LogP contribution is 2.58. The lowest BCUT2D eigenvalue weighted by atomic mass is 9.56. The third kappa shape index (κ3) is 2.16. The highest BCUT2D eigenvalue weighted by Gasteiger charge is 2.58. The molecule has 0 aromatic heterocycles. The van der Waals surface area contributed by atoms with Gasteiger partial charge in [0.15, 0.2) is 5.41 Å². The molecular formula is C21H18FN5. The van der Waals surface area contributed by atoms with E-state index in [1.54, 1.807) is 12.1 Å². The van der Waals surface area contributed by atoms with Crippen LogP contribution in [0.3, 0.4) is 0 Å². The zero-order valence-corrected chi connectivity index (χ0v) is 14.9. The summed E-state index contributed by atoms with van der Waals surface area (Å²) in [5, 5.41) is 29.8. The first kappa shape index (κ1) is 17.3. The number of hydrogen-bond donors (Lipinski definition) is 1. The lowest BCUT2D eigenvalue weighted by Gasteiger charge is -2.48. The summed E-state index contributed by atoms with van der Waals surface area (Å²) < 4.78 is 14.0. The van der Waals surface area contributed by atoms with Crippen LogP contribution in [-0.2, 0) is 0 Å². The number of nitrogens with zero attached hydrogens (tertiary/aromatic N) is 4. The molecule has 134 valence electrons. The van der Waals surface area contributed by atoms with E-state index < -0.39 is 17.2 Å². The van der Waals surface area contributed by atoms with E-state index in [0.29, 0.717) is 5.56 Å². The molecule has 2 aliphatic heterocycles. The Bertz CT molecular complexity index is 989. The van der Waals surface area contributed by atoms with Crippen LogP contribution in [0.5, 0.6) is 0 Å². The second-order valence-corrected chi connectivity index (χ2v) is 7.49. The molecule has 2 heterocycles. The summed E-state index contributed by atoms with van der Waals surface area (Å²) in [6, 6.07) is 12.6. The van der Waals surface area contributed by atoms with Gasteiger partial charge in [0.1, 0.15) is 11.9 Å². The van der Waals surface area contributed by atoms with Gasteiger partial charge in [0, 0.05) is 23.9 Å². The largest absolute Gasteiger partial charge is 0.399 e. The summed E-state index contributed by atoms with van der Waals surface area (Å²) in [5.74, 6) is -1.33. The average molecular weight is 359 g/mol. The van der Waals surface area contributed by atoms with E-state index in [9.17, 15) is 20.2 Å². The molecule has 1 fully saturated rings. The molecule has 1 aromatic rings. The Morgan fingerprint density at radius 3 is 2.59 bits per heavy atom. The molecule has 4 rings (SSSR count). The van der Waals surface area contributed by atoms with E-state index in [2.05, 4.69) is 23.1 Å². The van der Waals surface area contributed by atoms with Crippen molar-refractivity contribution in [2.24, 2.45) is 17.1 Å². The number of allylic oxidation sites excluding steroid dienone is 2. The summed E-state index contributed by atoms with van der Waals surface area (Å²) in [6.07, 6.45) is 3.88. The average Bonchev–Trinajstić information content (AvgIpc) is 2.90. The number of fused-ring (bicyclic) bond motifs is 4. The van der Waals surface area contributed by atoms with Crippen molar-refractivity contribution < 1.29 is 4.39 Å². The maximum Gasteiger partial charge on any atom is 0.191 e. The minimum Gasteiger partial charge on any atom is -0.399 e. The summed E-state index contributed by atoms with van der Waals surface area (Å²) in [5.41, 5.74) is 6.14. The van der Waals surface area contributed by atoms with Crippen LogP contribution < -0.4 is 5.73 Å². The minimum atomic E-state index is -1.71. The first-order valence-electron chi connectivity index (χ1n) is 8.90. The molecule has 2 bridgehead atoms. The molecule has 0 amide bonds. The molecule has 0 unspecified atom stereocenters. The fraction of sp³-hybridized carbons (Fsp3) is 0.381. The zero-order chi connectivity index (χ0) is 19.3.